The van der Waals surface area contributed by atoms with Crippen LogP contribution >= 0.6 is 0 Å². The molecule has 2 heterocycles. The third kappa shape index (κ3) is 3.73. The Kier molecular flexibility index (Phi) is 4.87. The highest BCUT2D eigenvalue weighted by atomic mass is 16.5. The number of nitrogens with two attached hydrogens (primary N) is 1. The van der Waals surface area contributed by atoms with Crippen LogP contribution in [0.5, 0.6) is 5.88 Å². The number of aromatic nitrogens is 2. The number of nitrogens with zero attached hydrogens (tertiary/aromatic N) is 4. The van der Waals surface area contributed by atoms with Crippen molar-refractivity contribution >= 4 is 23.4 Å². The molecule has 8 heteroatoms. The van der Waals surface area contributed by atoms with Gasteiger partial charge in [-0.1, -0.05) is 0 Å². The lowest BCUT2D eigenvalue weighted by molar-refractivity contribution is 0.0601. The number of piperazine rings is 1. The Hall–Kier alpha value is -3.03. The molecule has 8 nitrogen and oxygen atoms in total. The van der Waals surface area contributed by atoms with E-state index in [2.05, 4.69) is 19.8 Å². The zero-order valence-corrected chi connectivity index (χ0v) is 14.3. The molecule has 0 bridgehead atoms. The molecule has 0 amide bonds. The van der Waals surface area contributed by atoms with Gasteiger partial charge in [-0.3, -0.25) is 0 Å². The number of nitrogen functional groups attached to an aromatic ring is 1. The summed E-state index contributed by atoms with van der Waals surface area (Å²) in [5, 5.41) is 0. The largest absolute Gasteiger partial charge is 0.481 e. The fourth-order valence-corrected chi connectivity index (χ4v) is 2.82. The minimum atomic E-state index is -0.327. The predicted octanol–water partition coefficient (Wildman–Crippen LogP) is 1.18. The number of methoxy groups -OCH3 is 2. The van der Waals surface area contributed by atoms with Crippen molar-refractivity contribution in [1.82, 2.24) is 9.97 Å². The SMILES string of the molecule is COC(=O)c1ccc(N2CCN(c3cc(OC)nc(N)n3)CC2)cc1. The highest BCUT2D eigenvalue weighted by molar-refractivity contribution is 5.89. The quantitative estimate of drug-likeness (QED) is 0.827. The van der Waals surface area contributed by atoms with E-state index in [9.17, 15) is 4.79 Å². The summed E-state index contributed by atoms with van der Waals surface area (Å²) in [5.41, 5.74) is 7.36. The van der Waals surface area contributed by atoms with Crippen LogP contribution in [-0.2, 0) is 4.74 Å². The maximum atomic E-state index is 11.5. The van der Waals surface area contributed by atoms with E-state index in [-0.39, 0.29) is 11.9 Å². The molecule has 3 rings (SSSR count). The molecule has 0 saturated carbocycles. The normalized spacial score (nSPS) is 14.3. The number of hydrogen-bond acceptors (Lipinski definition) is 8. The topological polar surface area (TPSA) is 93.8 Å². The van der Waals surface area contributed by atoms with Gasteiger partial charge in [0.05, 0.1) is 19.8 Å². The third-order valence-electron chi connectivity index (χ3n) is 4.17. The predicted molar refractivity (Wildman–Crippen MR) is 95.2 cm³/mol. The maximum absolute atomic E-state index is 11.5. The smallest absolute Gasteiger partial charge is 0.337 e. The number of carbonyl (C=O) groups is 1. The summed E-state index contributed by atoms with van der Waals surface area (Å²) >= 11 is 0. The summed E-state index contributed by atoms with van der Waals surface area (Å²) in [6.45, 7) is 3.28. The summed E-state index contributed by atoms with van der Waals surface area (Å²) in [6.07, 6.45) is 0. The van der Waals surface area contributed by atoms with Crippen LogP contribution in [0.2, 0.25) is 0 Å². The summed E-state index contributed by atoms with van der Waals surface area (Å²) in [5.74, 6) is 1.11. The van der Waals surface area contributed by atoms with Gasteiger partial charge >= 0.3 is 5.97 Å². The van der Waals surface area contributed by atoms with Gasteiger partial charge in [-0.15, -0.1) is 0 Å². The second-order valence-electron chi connectivity index (χ2n) is 5.64. The number of carbonyl (C=O) groups excluding carboxylic acids is 1. The molecule has 1 aromatic heterocycles. The second-order valence-corrected chi connectivity index (χ2v) is 5.64. The first-order chi connectivity index (χ1) is 12.1. The Morgan fingerprint density at radius 1 is 1.04 bits per heavy atom. The van der Waals surface area contributed by atoms with Crippen molar-refractivity contribution < 1.29 is 14.3 Å². The number of anilines is 3. The fraction of sp³-hybridized carbons (Fsp3) is 0.353. The van der Waals surface area contributed by atoms with Crippen LogP contribution in [0.3, 0.4) is 0 Å². The van der Waals surface area contributed by atoms with Gasteiger partial charge < -0.3 is 25.0 Å². The number of esters is 1. The fourth-order valence-electron chi connectivity index (χ4n) is 2.82. The van der Waals surface area contributed by atoms with Crippen molar-refractivity contribution in [3.05, 3.63) is 35.9 Å². The first-order valence-electron chi connectivity index (χ1n) is 7.97. The van der Waals surface area contributed by atoms with E-state index in [0.29, 0.717) is 11.4 Å². The first-order valence-corrected chi connectivity index (χ1v) is 7.97. The van der Waals surface area contributed by atoms with E-state index in [4.69, 9.17) is 15.2 Å². The average molecular weight is 343 g/mol. The third-order valence-corrected chi connectivity index (χ3v) is 4.17. The van der Waals surface area contributed by atoms with E-state index in [0.717, 1.165) is 37.7 Å². The van der Waals surface area contributed by atoms with Crippen molar-refractivity contribution in [2.24, 2.45) is 0 Å². The first kappa shape index (κ1) is 16.8. The Balaban J connectivity index is 1.65. The number of rotatable bonds is 4. The molecule has 0 spiro atoms. The lowest BCUT2D eigenvalue weighted by Crippen LogP contribution is -2.46. The van der Waals surface area contributed by atoms with Gasteiger partial charge in [0.1, 0.15) is 5.82 Å². The van der Waals surface area contributed by atoms with Crippen LogP contribution in [0.15, 0.2) is 30.3 Å². The summed E-state index contributed by atoms with van der Waals surface area (Å²) in [6, 6.07) is 9.23. The van der Waals surface area contributed by atoms with Gasteiger partial charge in [0.2, 0.25) is 11.8 Å². The Labute approximate surface area is 146 Å². The lowest BCUT2D eigenvalue weighted by Gasteiger charge is -2.36. The van der Waals surface area contributed by atoms with Crippen molar-refractivity contribution in [2.75, 3.05) is 55.9 Å². The molecule has 0 atom stereocenters. The van der Waals surface area contributed by atoms with Gasteiger partial charge in [-0.05, 0) is 24.3 Å². The molecule has 0 radical (unpaired) electrons. The molecule has 1 aliphatic heterocycles. The molecule has 0 aliphatic carbocycles. The van der Waals surface area contributed by atoms with E-state index in [1.807, 2.05) is 12.1 Å². The lowest BCUT2D eigenvalue weighted by atomic mass is 10.2. The summed E-state index contributed by atoms with van der Waals surface area (Å²) in [4.78, 5) is 24.2. The molecular weight excluding hydrogens is 322 g/mol. The molecule has 2 N–H and O–H groups in total. The Morgan fingerprint density at radius 3 is 2.28 bits per heavy atom. The van der Waals surface area contributed by atoms with Gasteiger partial charge in [0.25, 0.3) is 0 Å². The molecule has 1 fully saturated rings. The maximum Gasteiger partial charge on any atom is 0.337 e. The molecule has 132 valence electrons. The molecule has 25 heavy (non-hydrogen) atoms. The molecule has 1 aliphatic rings. The highest BCUT2D eigenvalue weighted by Gasteiger charge is 2.20. The van der Waals surface area contributed by atoms with Gasteiger partial charge in [-0.25, -0.2) is 4.79 Å². The van der Waals surface area contributed by atoms with Gasteiger partial charge in [-0.2, -0.15) is 9.97 Å². The monoisotopic (exact) mass is 343 g/mol. The molecule has 1 aromatic carbocycles. The number of benzene rings is 1. The van der Waals surface area contributed by atoms with Crippen molar-refractivity contribution in [3.8, 4) is 5.88 Å². The van der Waals surface area contributed by atoms with Gasteiger partial charge in [0.15, 0.2) is 0 Å². The van der Waals surface area contributed by atoms with Crippen LogP contribution in [0.25, 0.3) is 0 Å². The van der Waals surface area contributed by atoms with Crippen LogP contribution in [-0.4, -0.2) is 56.3 Å². The Bertz CT molecular complexity index is 742. The summed E-state index contributed by atoms with van der Waals surface area (Å²) < 4.78 is 9.87. The van der Waals surface area contributed by atoms with Crippen molar-refractivity contribution in [3.63, 3.8) is 0 Å². The minimum Gasteiger partial charge on any atom is -0.481 e. The zero-order valence-electron chi connectivity index (χ0n) is 14.3. The highest BCUT2D eigenvalue weighted by Crippen LogP contribution is 2.22. The number of hydrogen-bond donors (Lipinski definition) is 1. The molecule has 0 unspecified atom stereocenters. The van der Waals surface area contributed by atoms with Crippen LogP contribution in [0, 0.1) is 0 Å². The molecule has 1 saturated heterocycles. The molecular formula is C17H21N5O3. The second kappa shape index (κ2) is 7.25. The van der Waals surface area contributed by atoms with Crippen molar-refractivity contribution in [2.45, 2.75) is 0 Å². The van der Waals surface area contributed by atoms with Crippen LogP contribution in [0.1, 0.15) is 10.4 Å². The van der Waals surface area contributed by atoms with E-state index < -0.39 is 0 Å². The molecule has 2 aromatic rings. The van der Waals surface area contributed by atoms with Crippen LogP contribution < -0.4 is 20.3 Å². The standard InChI is InChI=1S/C17H21N5O3/c1-24-15-11-14(19-17(18)20-15)22-9-7-21(8-10-22)13-5-3-12(4-6-13)16(23)25-2/h3-6,11H,7-10H2,1-2H3,(H2,18,19,20). The van der Waals surface area contributed by atoms with Gasteiger partial charge in [0, 0.05) is 37.9 Å². The van der Waals surface area contributed by atoms with E-state index in [1.165, 1.54) is 7.11 Å². The van der Waals surface area contributed by atoms with Crippen LogP contribution in [0.4, 0.5) is 17.5 Å². The number of ether oxygens (including phenoxy) is 2. The van der Waals surface area contributed by atoms with Crippen molar-refractivity contribution in [1.29, 1.82) is 0 Å². The van der Waals surface area contributed by atoms with E-state index >= 15 is 0 Å². The Morgan fingerprint density at radius 2 is 1.68 bits per heavy atom. The zero-order chi connectivity index (χ0) is 17.8. The van der Waals surface area contributed by atoms with E-state index in [1.54, 1.807) is 25.3 Å². The minimum absolute atomic E-state index is 0.204. The summed E-state index contributed by atoms with van der Waals surface area (Å²) in [7, 11) is 2.94. The average Bonchev–Trinajstić information content (AvgIpc) is 2.67.